The summed E-state index contributed by atoms with van der Waals surface area (Å²) in [5, 5.41) is 7.09. The lowest BCUT2D eigenvalue weighted by Gasteiger charge is -2.12. The van der Waals surface area contributed by atoms with Crippen LogP contribution in [-0.4, -0.2) is 24.5 Å². The Balaban J connectivity index is 2.54. The predicted molar refractivity (Wildman–Crippen MR) is 76.3 cm³/mol. The van der Waals surface area contributed by atoms with Gasteiger partial charge >= 0.3 is 12.2 Å². The average Bonchev–Trinajstić information content (AvgIpc) is 2.38. The number of alkyl halides is 3. The van der Waals surface area contributed by atoms with Gasteiger partial charge in [0.2, 0.25) is 5.91 Å². The van der Waals surface area contributed by atoms with Crippen molar-refractivity contribution in [3.63, 3.8) is 0 Å². The number of halogens is 4. The van der Waals surface area contributed by atoms with Crippen molar-refractivity contribution < 1.29 is 27.2 Å². The van der Waals surface area contributed by atoms with Gasteiger partial charge in [-0.15, -0.1) is 0 Å². The first-order valence-corrected chi connectivity index (χ1v) is 6.80. The minimum atomic E-state index is -4.85. The van der Waals surface area contributed by atoms with E-state index in [1.807, 2.05) is 0 Å². The number of anilines is 1. The van der Waals surface area contributed by atoms with Crippen LogP contribution in [0.4, 0.5) is 28.0 Å². The van der Waals surface area contributed by atoms with Gasteiger partial charge in [-0.2, -0.15) is 13.2 Å². The standard InChI is InChI=1S/C14H17F4N3O2/c1-8(2)20-12(22)5-6-19-13(23)21-9-3-4-11(15)10(7-9)14(16,17)18/h3-4,7-8H,5-6H2,1-2H3,(H,20,22)(H2,19,21,23). The molecule has 128 valence electrons. The number of hydrogen-bond acceptors (Lipinski definition) is 2. The molecule has 0 aromatic heterocycles. The molecule has 0 unspecified atom stereocenters. The average molecular weight is 335 g/mol. The van der Waals surface area contributed by atoms with Crippen molar-refractivity contribution >= 4 is 17.6 Å². The number of amides is 3. The van der Waals surface area contributed by atoms with Crippen molar-refractivity contribution in [2.24, 2.45) is 0 Å². The summed E-state index contributed by atoms with van der Waals surface area (Å²) in [5.74, 6) is -1.68. The van der Waals surface area contributed by atoms with Crippen LogP contribution >= 0.6 is 0 Å². The van der Waals surface area contributed by atoms with Gasteiger partial charge in [-0.3, -0.25) is 4.79 Å². The van der Waals surface area contributed by atoms with E-state index in [1.165, 1.54) is 0 Å². The fourth-order valence-corrected chi connectivity index (χ4v) is 1.68. The van der Waals surface area contributed by atoms with Gasteiger partial charge in [0.05, 0.1) is 5.56 Å². The predicted octanol–water partition coefficient (Wildman–Crippen LogP) is 2.88. The summed E-state index contributed by atoms with van der Waals surface area (Å²) in [6.45, 7) is 3.58. The number of hydrogen-bond donors (Lipinski definition) is 3. The second kappa shape index (κ2) is 7.80. The van der Waals surface area contributed by atoms with E-state index in [1.54, 1.807) is 13.8 Å². The first-order valence-electron chi connectivity index (χ1n) is 6.80. The molecule has 9 heteroatoms. The highest BCUT2D eigenvalue weighted by Crippen LogP contribution is 2.32. The highest BCUT2D eigenvalue weighted by Gasteiger charge is 2.34. The molecule has 3 N–H and O–H groups in total. The molecule has 1 aromatic carbocycles. The van der Waals surface area contributed by atoms with Crippen LogP contribution in [0.3, 0.4) is 0 Å². The molecule has 3 amide bonds. The zero-order valence-corrected chi connectivity index (χ0v) is 12.6. The largest absolute Gasteiger partial charge is 0.419 e. The summed E-state index contributed by atoms with van der Waals surface area (Å²) in [4.78, 5) is 22.9. The highest BCUT2D eigenvalue weighted by atomic mass is 19.4. The number of carbonyl (C=O) groups is 2. The second-order valence-corrected chi connectivity index (χ2v) is 5.05. The van der Waals surface area contributed by atoms with Gasteiger partial charge in [0.1, 0.15) is 5.82 Å². The first kappa shape index (κ1) is 18.7. The second-order valence-electron chi connectivity index (χ2n) is 5.05. The van der Waals surface area contributed by atoms with Crippen LogP contribution in [0.15, 0.2) is 18.2 Å². The molecule has 0 heterocycles. The Morgan fingerprint density at radius 3 is 2.43 bits per heavy atom. The lowest BCUT2D eigenvalue weighted by atomic mass is 10.2. The normalized spacial score (nSPS) is 11.3. The van der Waals surface area contributed by atoms with Crippen LogP contribution in [-0.2, 0) is 11.0 Å². The van der Waals surface area contributed by atoms with Crippen molar-refractivity contribution in [1.82, 2.24) is 10.6 Å². The number of carbonyl (C=O) groups excluding carboxylic acids is 2. The van der Waals surface area contributed by atoms with Crippen molar-refractivity contribution in [2.75, 3.05) is 11.9 Å². The summed E-state index contributed by atoms with van der Waals surface area (Å²) >= 11 is 0. The lowest BCUT2D eigenvalue weighted by molar-refractivity contribution is -0.140. The van der Waals surface area contributed by atoms with E-state index < -0.39 is 23.6 Å². The molecular formula is C14H17F4N3O2. The molecule has 0 aliphatic heterocycles. The Labute approximate surface area is 130 Å². The van der Waals surface area contributed by atoms with Crippen LogP contribution < -0.4 is 16.0 Å². The number of benzene rings is 1. The SMILES string of the molecule is CC(C)NC(=O)CCNC(=O)Nc1ccc(F)c(C(F)(F)F)c1. The third-order valence-electron chi connectivity index (χ3n) is 2.62. The molecule has 5 nitrogen and oxygen atoms in total. The van der Waals surface area contributed by atoms with Crippen molar-refractivity contribution in [2.45, 2.75) is 32.5 Å². The Hall–Kier alpha value is -2.32. The van der Waals surface area contributed by atoms with Gasteiger partial charge < -0.3 is 16.0 Å². The highest BCUT2D eigenvalue weighted by molar-refractivity contribution is 5.89. The molecule has 0 atom stereocenters. The number of rotatable bonds is 5. The number of urea groups is 1. The van der Waals surface area contributed by atoms with E-state index in [2.05, 4.69) is 16.0 Å². The molecule has 0 bridgehead atoms. The summed E-state index contributed by atoms with van der Waals surface area (Å²) in [7, 11) is 0. The summed E-state index contributed by atoms with van der Waals surface area (Å²) in [5.41, 5.74) is -1.67. The van der Waals surface area contributed by atoms with E-state index in [0.29, 0.717) is 12.1 Å². The maximum absolute atomic E-state index is 13.1. The summed E-state index contributed by atoms with van der Waals surface area (Å²) < 4.78 is 50.8. The molecule has 0 aliphatic carbocycles. The van der Waals surface area contributed by atoms with Crippen molar-refractivity contribution in [3.8, 4) is 0 Å². The maximum Gasteiger partial charge on any atom is 0.419 e. The van der Waals surface area contributed by atoms with E-state index >= 15 is 0 Å². The van der Waals surface area contributed by atoms with E-state index in [9.17, 15) is 27.2 Å². The molecule has 23 heavy (non-hydrogen) atoms. The third kappa shape index (κ3) is 6.54. The zero-order valence-electron chi connectivity index (χ0n) is 12.6. The van der Waals surface area contributed by atoms with Crippen LogP contribution in [0.25, 0.3) is 0 Å². The fraction of sp³-hybridized carbons (Fsp3) is 0.429. The topological polar surface area (TPSA) is 70.2 Å². The van der Waals surface area contributed by atoms with Gasteiger partial charge in [-0.25, -0.2) is 9.18 Å². The quantitative estimate of drug-likeness (QED) is 0.724. The van der Waals surface area contributed by atoms with Gasteiger partial charge in [-0.1, -0.05) is 0 Å². The van der Waals surface area contributed by atoms with Crippen molar-refractivity contribution in [3.05, 3.63) is 29.6 Å². The monoisotopic (exact) mass is 335 g/mol. The Kier molecular flexibility index (Phi) is 6.35. The minimum Gasteiger partial charge on any atom is -0.354 e. The van der Waals surface area contributed by atoms with Crippen LogP contribution in [0.1, 0.15) is 25.8 Å². The molecule has 1 rings (SSSR count). The lowest BCUT2D eigenvalue weighted by Crippen LogP contribution is -2.35. The Bertz CT molecular complexity index is 574. The number of nitrogens with one attached hydrogen (secondary N) is 3. The molecule has 0 spiro atoms. The van der Waals surface area contributed by atoms with Gasteiger partial charge in [0.25, 0.3) is 0 Å². The Morgan fingerprint density at radius 2 is 1.87 bits per heavy atom. The molecule has 0 aliphatic rings. The van der Waals surface area contributed by atoms with Crippen LogP contribution in [0.5, 0.6) is 0 Å². The Morgan fingerprint density at radius 1 is 1.22 bits per heavy atom. The smallest absolute Gasteiger partial charge is 0.354 e. The fourth-order valence-electron chi connectivity index (χ4n) is 1.68. The minimum absolute atomic E-state index is 0.0116. The molecule has 0 radical (unpaired) electrons. The van der Waals surface area contributed by atoms with E-state index in [0.717, 1.165) is 6.07 Å². The maximum atomic E-state index is 13.1. The van der Waals surface area contributed by atoms with E-state index in [4.69, 9.17) is 0 Å². The molecule has 1 aromatic rings. The zero-order chi connectivity index (χ0) is 17.6. The van der Waals surface area contributed by atoms with Crippen LogP contribution in [0, 0.1) is 5.82 Å². The summed E-state index contributed by atoms with van der Waals surface area (Å²) in [6, 6.07) is 1.31. The van der Waals surface area contributed by atoms with Gasteiger partial charge in [0.15, 0.2) is 0 Å². The van der Waals surface area contributed by atoms with Crippen molar-refractivity contribution in [1.29, 1.82) is 0 Å². The van der Waals surface area contributed by atoms with Gasteiger partial charge in [-0.05, 0) is 32.0 Å². The molecule has 0 saturated carbocycles. The van der Waals surface area contributed by atoms with Crippen LogP contribution in [0.2, 0.25) is 0 Å². The van der Waals surface area contributed by atoms with E-state index in [-0.39, 0.29) is 30.6 Å². The first-order chi connectivity index (χ1) is 10.6. The molecule has 0 saturated heterocycles. The third-order valence-corrected chi connectivity index (χ3v) is 2.62. The van der Waals surface area contributed by atoms with Gasteiger partial charge in [0, 0.05) is 24.7 Å². The summed E-state index contributed by atoms with van der Waals surface area (Å²) in [6.07, 6.45) is -4.82. The molecular weight excluding hydrogens is 318 g/mol. The molecule has 0 fully saturated rings.